The van der Waals surface area contributed by atoms with E-state index in [4.69, 9.17) is 0 Å². The van der Waals surface area contributed by atoms with Gasteiger partial charge in [-0.15, -0.1) is 0 Å². The highest BCUT2D eigenvalue weighted by molar-refractivity contribution is 5.81. The Bertz CT molecular complexity index is 251. The van der Waals surface area contributed by atoms with Gasteiger partial charge in [0.25, 0.3) is 0 Å². The Morgan fingerprint density at radius 1 is 1.41 bits per heavy atom. The second kappa shape index (κ2) is 6.39. The van der Waals surface area contributed by atoms with Crippen LogP contribution in [0.25, 0.3) is 0 Å². The maximum Gasteiger partial charge on any atom is 0.236 e. The zero-order valence-electron chi connectivity index (χ0n) is 11.8. The van der Waals surface area contributed by atoms with Gasteiger partial charge in [0.15, 0.2) is 0 Å². The second-order valence-electron chi connectivity index (χ2n) is 5.97. The fourth-order valence-electron chi connectivity index (χ4n) is 2.58. The summed E-state index contributed by atoms with van der Waals surface area (Å²) in [6.45, 7) is 9.43. The number of rotatable bonds is 5. The van der Waals surface area contributed by atoms with Gasteiger partial charge in [-0.1, -0.05) is 33.6 Å². The molecule has 2 unspecified atom stereocenters. The molecule has 100 valence electrons. The Hall–Kier alpha value is -0.570. The van der Waals surface area contributed by atoms with Crippen molar-refractivity contribution in [2.45, 2.75) is 71.9 Å². The predicted molar refractivity (Wildman–Crippen MR) is 71.9 cm³/mol. The van der Waals surface area contributed by atoms with Crippen LogP contribution in [0.2, 0.25) is 0 Å². The van der Waals surface area contributed by atoms with Crippen molar-refractivity contribution in [1.29, 1.82) is 0 Å². The molecule has 1 rings (SSSR count). The summed E-state index contributed by atoms with van der Waals surface area (Å²) < 4.78 is 0. The van der Waals surface area contributed by atoms with Crippen LogP contribution in [0.1, 0.15) is 59.8 Å². The van der Waals surface area contributed by atoms with Crippen molar-refractivity contribution >= 4 is 5.91 Å². The van der Waals surface area contributed by atoms with Crippen molar-refractivity contribution in [3.63, 3.8) is 0 Å². The van der Waals surface area contributed by atoms with E-state index in [1.54, 1.807) is 0 Å². The Morgan fingerprint density at radius 3 is 2.71 bits per heavy atom. The van der Waals surface area contributed by atoms with Gasteiger partial charge in [0, 0.05) is 12.6 Å². The van der Waals surface area contributed by atoms with Gasteiger partial charge in [0.1, 0.15) is 0 Å². The SMILES string of the molecule is CCCNC(=O)C(C)NC1CCCCC1(C)C. The van der Waals surface area contributed by atoms with Crippen molar-refractivity contribution in [2.75, 3.05) is 6.54 Å². The maximum absolute atomic E-state index is 11.8. The summed E-state index contributed by atoms with van der Waals surface area (Å²) in [4.78, 5) is 11.8. The molecule has 0 saturated heterocycles. The fraction of sp³-hybridized carbons (Fsp3) is 0.929. The third-order valence-electron chi connectivity index (χ3n) is 3.90. The molecule has 0 radical (unpaired) electrons. The average Bonchev–Trinajstić information content (AvgIpc) is 2.28. The van der Waals surface area contributed by atoms with Crippen LogP contribution in [0, 0.1) is 5.41 Å². The molecule has 1 saturated carbocycles. The van der Waals surface area contributed by atoms with Gasteiger partial charge in [-0.25, -0.2) is 0 Å². The van der Waals surface area contributed by atoms with E-state index in [-0.39, 0.29) is 11.9 Å². The number of carbonyl (C=O) groups excluding carboxylic acids is 1. The molecule has 17 heavy (non-hydrogen) atoms. The van der Waals surface area contributed by atoms with E-state index in [1.165, 1.54) is 25.7 Å². The topological polar surface area (TPSA) is 41.1 Å². The highest BCUT2D eigenvalue weighted by Gasteiger charge is 2.33. The molecule has 0 heterocycles. The van der Waals surface area contributed by atoms with Crippen molar-refractivity contribution in [3.05, 3.63) is 0 Å². The Balaban J connectivity index is 2.43. The maximum atomic E-state index is 11.8. The minimum absolute atomic E-state index is 0.0797. The first-order valence-electron chi connectivity index (χ1n) is 7.01. The number of nitrogens with one attached hydrogen (secondary N) is 2. The van der Waals surface area contributed by atoms with Crippen molar-refractivity contribution in [2.24, 2.45) is 5.41 Å². The van der Waals surface area contributed by atoms with Gasteiger partial charge in [0.2, 0.25) is 5.91 Å². The summed E-state index contributed by atoms with van der Waals surface area (Å²) in [6, 6.07) is 0.391. The zero-order valence-corrected chi connectivity index (χ0v) is 11.8. The Morgan fingerprint density at radius 2 is 2.12 bits per heavy atom. The third-order valence-corrected chi connectivity index (χ3v) is 3.90. The van der Waals surface area contributed by atoms with Gasteiger partial charge < -0.3 is 10.6 Å². The van der Waals surface area contributed by atoms with E-state index in [1.807, 2.05) is 6.92 Å². The smallest absolute Gasteiger partial charge is 0.236 e. The molecule has 1 amide bonds. The average molecular weight is 240 g/mol. The molecule has 0 bridgehead atoms. The number of hydrogen-bond acceptors (Lipinski definition) is 2. The molecule has 1 fully saturated rings. The summed E-state index contributed by atoms with van der Waals surface area (Å²) in [5, 5.41) is 6.45. The Kier molecular flexibility index (Phi) is 5.44. The molecule has 2 atom stereocenters. The molecule has 1 aliphatic rings. The summed E-state index contributed by atoms with van der Waals surface area (Å²) in [7, 11) is 0. The minimum atomic E-state index is -0.0797. The molecule has 2 N–H and O–H groups in total. The van der Waals surface area contributed by atoms with E-state index in [2.05, 4.69) is 31.4 Å². The van der Waals surface area contributed by atoms with Gasteiger partial charge in [-0.05, 0) is 31.6 Å². The van der Waals surface area contributed by atoms with E-state index in [0.717, 1.165) is 13.0 Å². The number of amides is 1. The molecule has 0 aromatic carbocycles. The summed E-state index contributed by atoms with van der Waals surface area (Å²) in [5.41, 5.74) is 0.317. The fourth-order valence-corrected chi connectivity index (χ4v) is 2.58. The van der Waals surface area contributed by atoms with Gasteiger partial charge >= 0.3 is 0 Å². The molecular weight excluding hydrogens is 212 g/mol. The molecule has 0 aromatic heterocycles. The standard InChI is InChI=1S/C14H28N2O/c1-5-10-15-13(17)11(2)16-12-8-6-7-9-14(12,3)4/h11-12,16H,5-10H2,1-4H3,(H,15,17). The van der Waals surface area contributed by atoms with Gasteiger partial charge in [-0.2, -0.15) is 0 Å². The normalized spacial score (nSPS) is 25.3. The van der Waals surface area contributed by atoms with E-state index in [0.29, 0.717) is 11.5 Å². The van der Waals surface area contributed by atoms with Crippen molar-refractivity contribution in [1.82, 2.24) is 10.6 Å². The first-order chi connectivity index (χ1) is 7.97. The quantitative estimate of drug-likeness (QED) is 0.775. The van der Waals surface area contributed by atoms with E-state index >= 15 is 0 Å². The lowest BCUT2D eigenvalue weighted by Gasteiger charge is -2.40. The van der Waals surface area contributed by atoms with Crippen LogP contribution in [0.5, 0.6) is 0 Å². The van der Waals surface area contributed by atoms with E-state index in [9.17, 15) is 4.79 Å². The zero-order chi connectivity index (χ0) is 12.9. The molecule has 3 heteroatoms. The summed E-state index contributed by atoms with van der Waals surface area (Å²) >= 11 is 0. The minimum Gasteiger partial charge on any atom is -0.355 e. The Labute approximate surface area is 106 Å². The highest BCUT2D eigenvalue weighted by Crippen LogP contribution is 2.35. The van der Waals surface area contributed by atoms with Crippen LogP contribution in [0.15, 0.2) is 0 Å². The molecule has 1 aliphatic carbocycles. The van der Waals surface area contributed by atoms with Crippen LogP contribution in [-0.4, -0.2) is 24.5 Å². The van der Waals surface area contributed by atoms with E-state index < -0.39 is 0 Å². The monoisotopic (exact) mass is 240 g/mol. The van der Waals surface area contributed by atoms with Crippen molar-refractivity contribution in [3.8, 4) is 0 Å². The molecule has 0 aromatic rings. The van der Waals surface area contributed by atoms with Crippen LogP contribution >= 0.6 is 0 Å². The highest BCUT2D eigenvalue weighted by atomic mass is 16.2. The lowest BCUT2D eigenvalue weighted by molar-refractivity contribution is -0.123. The lowest BCUT2D eigenvalue weighted by atomic mass is 9.73. The summed E-state index contributed by atoms with van der Waals surface area (Å²) in [6.07, 6.45) is 6.05. The van der Waals surface area contributed by atoms with Crippen LogP contribution in [-0.2, 0) is 4.79 Å². The number of carbonyl (C=O) groups is 1. The van der Waals surface area contributed by atoms with Crippen LogP contribution in [0.3, 0.4) is 0 Å². The van der Waals surface area contributed by atoms with Crippen molar-refractivity contribution < 1.29 is 4.79 Å². The van der Waals surface area contributed by atoms with Crippen LogP contribution in [0.4, 0.5) is 0 Å². The predicted octanol–water partition coefficient (Wildman–Crippen LogP) is 2.46. The molecular formula is C14H28N2O. The molecule has 0 spiro atoms. The lowest BCUT2D eigenvalue weighted by Crippen LogP contribution is -2.52. The molecule has 0 aliphatic heterocycles. The third kappa shape index (κ3) is 4.30. The largest absolute Gasteiger partial charge is 0.355 e. The van der Waals surface area contributed by atoms with Crippen LogP contribution < -0.4 is 10.6 Å². The second-order valence-corrected chi connectivity index (χ2v) is 5.97. The first-order valence-corrected chi connectivity index (χ1v) is 7.01. The van der Waals surface area contributed by atoms with Gasteiger partial charge in [-0.3, -0.25) is 4.79 Å². The van der Waals surface area contributed by atoms with Gasteiger partial charge in [0.05, 0.1) is 6.04 Å². The molecule has 3 nitrogen and oxygen atoms in total. The number of hydrogen-bond donors (Lipinski definition) is 2. The first kappa shape index (κ1) is 14.5. The summed E-state index contributed by atoms with van der Waals surface area (Å²) in [5.74, 6) is 0.133.